The molecule has 0 bridgehead atoms. The van der Waals surface area contributed by atoms with Gasteiger partial charge in [0.05, 0.1) is 0 Å². The number of nitrogens with one attached hydrogen (secondary N) is 1. The van der Waals surface area contributed by atoms with E-state index in [4.69, 9.17) is 14.0 Å². The van der Waals surface area contributed by atoms with Crippen molar-refractivity contribution in [2.75, 3.05) is 6.61 Å². The summed E-state index contributed by atoms with van der Waals surface area (Å²) in [5, 5.41) is 8.22. The predicted octanol–water partition coefficient (Wildman–Crippen LogP) is 3.90. The van der Waals surface area contributed by atoms with Crippen LogP contribution in [0.3, 0.4) is 0 Å². The third-order valence-corrected chi connectivity index (χ3v) is 4.51. The van der Waals surface area contributed by atoms with Gasteiger partial charge in [-0.25, -0.2) is 10.3 Å². The first kappa shape index (κ1) is 18.3. The zero-order valence-corrected chi connectivity index (χ0v) is 15.6. The summed E-state index contributed by atoms with van der Waals surface area (Å²) in [6.07, 6.45) is 2.45. The molecule has 1 atom stereocenters. The second kappa shape index (κ2) is 8.33. The van der Waals surface area contributed by atoms with Gasteiger partial charge in [0.25, 0.3) is 5.91 Å². The van der Waals surface area contributed by atoms with E-state index in [0.29, 0.717) is 24.0 Å². The van der Waals surface area contributed by atoms with Crippen LogP contribution >= 0.6 is 0 Å². The summed E-state index contributed by atoms with van der Waals surface area (Å²) in [4.78, 5) is 17.5. The lowest BCUT2D eigenvalue weighted by Crippen LogP contribution is -2.33. The minimum atomic E-state index is -0.379. The van der Waals surface area contributed by atoms with Crippen LogP contribution in [0.1, 0.15) is 35.2 Å². The number of rotatable bonds is 5. The van der Waals surface area contributed by atoms with Crippen molar-refractivity contribution in [3.8, 4) is 22.9 Å². The van der Waals surface area contributed by atoms with Crippen LogP contribution in [0.2, 0.25) is 0 Å². The smallest absolute Gasteiger partial charge is 0.274 e. The largest absolute Gasteiger partial charge is 0.416 e. The Morgan fingerprint density at radius 3 is 2.57 bits per heavy atom. The molecule has 1 aliphatic rings. The van der Waals surface area contributed by atoms with Crippen molar-refractivity contribution in [3.63, 3.8) is 0 Å². The molecular formula is C21H21N3O4. The summed E-state index contributed by atoms with van der Waals surface area (Å²) in [5.74, 6) is 0.531. The van der Waals surface area contributed by atoms with E-state index in [0.717, 1.165) is 36.0 Å². The van der Waals surface area contributed by atoms with Gasteiger partial charge in [-0.2, -0.15) is 0 Å². The van der Waals surface area contributed by atoms with Gasteiger partial charge in [0.2, 0.25) is 11.8 Å². The number of hydroxylamine groups is 1. The van der Waals surface area contributed by atoms with Gasteiger partial charge in [0, 0.05) is 29.7 Å². The van der Waals surface area contributed by atoms with Gasteiger partial charge in [-0.15, -0.1) is 10.2 Å². The maximum atomic E-state index is 12.2. The SMILES string of the molecule is Cc1cccc(-c2nnc(-c3ccc(C(=O)NO[C@@H]4CCCCO4)cc3)o2)c1. The van der Waals surface area contributed by atoms with Crippen LogP contribution in [0.4, 0.5) is 0 Å². The zero-order chi connectivity index (χ0) is 19.3. The molecule has 4 rings (SSSR count). The fourth-order valence-electron chi connectivity index (χ4n) is 2.98. The van der Waals surface area contributed by atoms with Gasteiger partial charge in [0.15, 0.2) is 6.29 Å². The monoisotopic (exact) mass is 379 g/mol. The second-order valence-electron chi connectivity index (χ2n) is 6.70. The van der Waals surface area contributed by atoms with E-state index in [1.807, 2.05) is 31.2 Å². The first-order chi connectivity index (χ1) is 13.7. The number of aromatic nitrogens is 2. The molecule has 1 aliphatic heterocycles. The Morgan fingerprint density at radius 1 is 1.07 bits per heavy atom. The van der Waals surface area contributed by atoms with Crippen LogP contribution < -0.4 is 5.48 Å². The molecule has 1 aromatic heterocycles. The normalized spacial score (nSPS) is 16.7. The Kier molecular flexibility index (Phi) is 5.45. The number of hydrogen-bond acceptors (Lipinski definition) is 6. The third kappa shape index (κ3) is 4.27. The number of carbonyl (C=O) groups excluding carboxylic acids is 1. The van der Waals surface area contributed by atoms with Crippen LogP contribution in [-0.4, -0.2) is 29.0 Å². The van der Waals surface area contributed by atoms with Gasteiger partial charge in [-0.05, 0) is 56.2 Å². The van der Waals surface area contributed by atoms with Crippen molar-refractivity contribution in [2.45, 2.75) is 32.5 Å². The van der Waals surface area contributed by atoms with E-state index in [1.165, 1.54) is 0 Å². The fourth-order valence-corrected chi connectivity index (χ4v) is 2.98. The highest BCUT2D eigenvalue weighted by atomic mass is 16.8. The topological polar surface area (TPSA) is 86.5 Å². The molecule has 7 heteroatoms. The van der Waals surface area contributed by atoms with Crippen LogP contribution in [0.5, 0.6) is 0 Å². The molecule has 1 fully saturated rings. The quantitative estimate of drug-likeness (QED) is 0.677. The second-order valence-corrected chi connectivity index (χ2v) is 6.70. The zero-order valence-electron chi connectivity index (χ0n) is 15.6. The maximum Gasteiger partial charge on any atom is 0.274 e. The lowest BCUT2D eigenvalue weighted by atomic mass is 10.1. The van der Waals surface area contributed by atoms with Gasteiger partial charge >= 0.3 is 0 Å². The molecule has 0 aliphatic carbocycles. The summed E-state index contributed by atoms with van der Waals surface area (Å²) in [6, 6.07) is 14.8. The molecule has 2 heterocycles. The predicted molar refractivity (Wildman–Crippen MR) is 102 cm³/mol. The van der Waals surface area contributed by atoms with Crippen molar-refractivity contribution < 1.29 is 18.8 Å². The molecule has 1 amide bonds. The minimum Gasteiger partial charge on any atom is -0.416 e. The molecule has 144 valence electrons. The first-order valence-corrected chi connectivity index (χ1v) is 9.27. The third-order valence-electron chi connectivity index (χ3n) is 4.51. The van der Waals surface area contributed by atoms with Gasteiger partial charge in [-0.1, -0.05) is 17.7 Å². The number of benzene rings is 2. The van der Waals surface area contributed by atoms with Crippen LogP contribution in [0.25, 0.3) is 22.9 Å². The van der Waals surface area contributed by atoms with E-state index in [2.05, 4.69) is 15.7 Å². The molecule has 0 unspecified atom stereocenters. The van der Waals surface area contributed by atoms with Crippen molar-refractivity contribution in [1.29, 1.82) is 0 Å². The Balaban J connectivity index is 1.41. The summed E-state index contributed by atoms with van der Waals surface area (Å²) in [7, 11) is 0. The number of amides is 1. The molecule has 1 N–H and O–H groups in total. The van der Waals surface area contributed by atoms with Crippen LogP contribution in [-0.2, 0) is 9.57 Å². The summed E-state index contributed by atoms with van der Waals surface area (Å²) in [5.41, 5.74) is 5.64. The van der Waals surface area contributed by atoms with Gasteiger partial charge in [0.1, 0.15) is 0 Å². The Bertz CT molecular complexity index is 946. The van der Waals surface area contributed by atoms with Crippen LogP contribution in [0.15, 0.2) is 52.9 Å². The average Bonchev–Trinajstić information content (AvgIpc) is 3.23. The van der Waals surface area contributed by atoms with Crippen LogP contribution in [0, 0.1) is 6.92 Å². The number of ether oxygens (including phenoxy) is 1. The van der Waals surface area contributed by atoms with Crippen molar-refractivity contribution in [2.24, 2.45) is 0 Å². The average molecular weight is 379 g/mol. The number of aryl methyl sites for hydroxylation is 1. The number of hydrogen-bond donors (Lipinski definition) is 1. The number of nitrogens with zero attached hydrogens (tertiary/aromatic N) is 2. The van der Waals surface area contributed by atoms with E-state index in [9.17, 15) is 4.79 Å². The van der Waals surface area contributed by atoms with E-state index < -0.39 is 0 Å². The highest BCUT2D eigenvalue weighted by Crippen LogP contribution is 2.24. The standard InChI is InChI=1S/C21H21N3O4/c1-14-5-4-6-17(13-14)21-23-22-20(27-21)16-10-8-15(9-11-16)19(25)24-28-18-7-2-3-12-26-18/h4-6,8-11,13,18H,2-3,7,12H2,1H3,(H,24,25)/t18-/m1/s1. The molecule has 2 aromatic carbocycles. The molecule has 0 radical (unpaired) electrons. The van der Waals surface area contributed by atoms with Crippen molar-refractivity contribution in [1.82, 2.24) is 15.7 Å². The number of carbonyl (C=O) groups is 1. The highest BCUT2D eigenvalue weighted by molar-refractivity contribution is 5.93. The minimum absolute atomic E-state index is 0.327. The highest BCUT2D eigenvalue weighted by Gasteiger charge is 2.17. The molecule has 7 nitrogen and oxygen atoms in total. The molecule has 0 saturated carbocycles. The molecule has 28 heavy (non-hydrogen) atoms. The van der Waals surface area contributed by atoms with Crippen molar-refractivity contribution >= 4 is 5.91 Å². The van der Waals surface area contributed by atoms with Gasteiger partial charge < -0.3 is 9.15 Å². The maximum absolute atomic E-state index is 12.2. The summed E-state index contributed by atoms with van der Waals surface area (Å²) >= 11 is 0. The van der Waals surface area contributed by atoms with Gasteiger partial charge in [-0.3, -0.25) is 4.79 Å². The van der Waals surface area contributed by atoms with E-state index in [1.54, 1.807) is 24.3 Å². The molecule has 3 aromatic rings. The molecule has 0 spiro atoms. The lowest BCUT2D eigenvalue weighted by molar-refractivity contribution is -0.186. The fraction of sp³-hybridized carbons (Fsp3) is 0.286. The molecular weight excluding hydrogens is 358 g/mol. The lowest BCUT2D eigenvalue weighted by Gasteiger charge is -2.22. The Labute approximate surface area is 162 Å². The van der Waals surface area contributed by atoms with E-state index in [-0.39, 0.29) is 12.2 Å². The Morgan fingerprint density at radius 2 is 1.86 bits per heavy atom. The Hall–Kier alpha value is -3.03. The summed E-state index contributed by atoms with van der Waals surface area (Å²) in [6.45, 7) is 2.67. The van der Waals surface area contributed by atoms with Crippen molar-refractivity contribution in [3.05, 3.63) is 59.7 Å². The molecule has 1 saturated heterocycles. The summed E-state index contributed by atoms with van der Waals surface area (Å²) < 4.78 is 11.2. The van der Waals surface area contributed by atoms with E-state index >= 15 is 0 Å². The first-order valence-electron chi connectivity index (χ1n) is 9.27.